The van der Waals surface area contributed by atoms with E-state index in [1.54, 1.807) is 73.8 Å². The van der Waals surface area contributed by atoms with Gasteiger partial charge in [0.1, 0.15) is 11.5 Å². The van der Waals surface area contributed by atoms with Gasteiger partial charge in [0.05, 0.1) is 32.1 Å². The number of hydrogen-bond acceptors (Lipinski definition) is 7. The standard InChI is InChI=1S/C28H30N2O6/c1-4-6-17-35-24-14-8-21(9-15-24)27(31)30-29-19-20-7-16-25(26(18-20)34-5-2)36-28(32)22-10-12-23(33-3)13-11-22/h7-16,18-19H,4-6,17H2,1-3H3,(H,30,31)/b29-19+. The van der Waals surface area contributed by atoms with E-state index in [1.807, 2.05) is 6.92 Å². The molecule has 0 aromatic heterocycles. The molecule has 0 saturated heterocycles. The van der Waals surface area contributed by atoms with Crippen LogP contribution in [0.2, 0.25) is 0 Å². The molecule has 0 unspecified atom stereocenters. The number of nitrogens with one attached hydrogen (secondary N) is 1. The molecule has 0 atom stereocenters. The molecule has 0 heterocycles. The predicted molar refractivity (Wildman–Crippen MR) is 137 cm³/mol. The van der Waals surface area contributed by atoms with E-state index in [4.69, 9.17) is 18.9 Å². The van der Waals surface area contributed by atoms with Crippen molar-refractivity contribution in [1.82, 2.24) is 5.43 Å². The molecule has 8 nitrogen and oxygen atoms in total. The second-order valence-electron chi connectivity index (χ2n) is 7.68. The number of benzene rings is 3. The molecule has 3 aromatic carbocycles. The summed E-state index contributed by atoms with van der Waals surface area (Å²) in [5.41, 5.74) is 4.00. The molecule has 3 rings (SSSR count). The molecule has 0 aliphatic carbocycles. The van der Waals surface area contributed by atoms with Gasteiger partial charge in [-0.05, 0) is 85.6 Å². The van der Waals surface area contributed by atoms with E-state index in [0.717, 1.165) is 18.6 Å². The number of unbranched alkanes of at least 4 members (excludes halogenated alkanes) is 1. The molecule has 3 aromatic rings. The molecule has 0 aliphatic rings. The van der Waals surface area contributed by atoms with Gasteiger partial charge in [0.2, 0.25) is 0 Å². The quantitative estimate of drug-likeness (QED) is 0.122. The van der Waals surface area contributed by atoms with Crippen molar-refractivity contribution >= 4 is 18.1 Å². The van der Waals surface area contributed by atoms with Crippen LogP contribution in [0.4, 0.5) is 0 Å². The summed E-state index contributed by atoms with van der Waals surface area (Å²) < 4.78 is 21.9. The number of amides is 1. The molecule has 0 radical (unpaired) electrons. The van der Waals surface area contributed by atoms with Gasteiger partial charge < -0.3 is 18.9 Å². The van der Waals surface area contributed by atoms with Gasteiger partial charge in [-0.3, -0.25) is 4.79 Å². The Bertz CT molecular complexity index is 1170. The second kappa shape index (κ2) is 13.5. The molecule has 0 saturated carbocycles. The number of ether oxygens (including phenoxy) is 4. The van der Waals surface area contributed by atoms with E-state index in [1.165, 1.54) is 6.21 Å². The molecule has 1 N–H and O–H groups in total. The number of hydrogen-bond donors (Lipinski definition) is 1. The van der Waals surface area contributed by atoms with Gasteiger partial charge in [-0.1, -0.05) is 13.3 Å². The van der Waals surface area contributed by atoms with Crippen molar-refractivity contribution in [2.75, 3.05) is 20.3 Å². The number of hydrazone groups is 1. The molecule has 0 bridgehead atoms. The van der Waals surface area contributed by atoms with Crippen molar-refractivity contribution in [2.45, 2.75) is 26.7 Å². The van der Waals surface area contributed by atoms with Crippen LogP contribution in [0, 0.1) is 0 Å². The third kappa shape index (κ3) is 7.59. The Morgan fingerprint density at radius 2 is 1.56 bits per heavy atom. The van der Waals surface area contributed by atoms with Crippen molar-refractivity contribution < 1.29 is 28.5 Å². The lowest BCUT2D eigenvalue weighted by molar-refractivity contribution is 0.0728. The Morgan fingerprint density at radius 3 is 2.22 bits per heavy atom. The van der Waals surface area contributed by atoms with Crippen LogP contribution in [-0.4, -0.2) is 38.4 Å². The highest BCUT2D eigenvalue weighted by Crippen LogP contribution is 2.29. The number of rotatable bonds is 12. The summed E-state index contributed by atoms with van der Waals surface area (Å²) in [5, 5.41) is 4.03. The number of carbonyl (C=O) groups is 2. The fraction of sp³-hybridized carbons (Fsp3) is 0.250. The van der Waals surface area contributed by atoms with Gasteiger partial charge in [0, 0.05) is 5.56 Å². The van der Waals surface area contributed by atoms with E-state index >= 15 is 0 Å². The maximum atomic E-state index is 12.5. The van der Waals surface area contributed by atoms with E-state index in [9.17, 15) is 9.59 Å². The molecule has 36 heavy (non-hydrogen) atoms. The summed E-state index contributed by atoms with van der Waals surface area (Å²) >= 11 is 0. The molecule has 0 spiro atoms. The summed E-state index contributed by atoms with van der Waals surface area (Å²) in [6, 6.07) is 18.5. The second-order valence-corrected chi connectivity index (χ2v) is 7.68. The van der Waals surface area contributed by atoms with E-state index in [0.29, 0.717) is 41.4 Å². The van der Waals surface area contributed by atoms with E-state index in [-0.39, 0.29) is 11.7 Å². The SMILES string of the molecule is CCCCOc1ccc(C(=O)N/N=C/c2ccc(OC(=O)c3ccc(OC)cc3)c(OCC)c2)cc1. The Kier molecular flexibility index (Phi) is 9.88. The Morgan fingerprint density at radius 1 is 0.861 bits per heavy atom. The maximum Gasteiger partial charge on any atom is 0.343 e. The van der Waals surface area contributed by atoms with Crippen LogP contribution in [0.25, 0.3) is 0 Å². The van der Waals surface area contributed by atoms with Crippen LogP contribution in [0.3, 0.4) is 0 Å². The first-order valence-electron chi connectivity index (χ1n) is 11.7. The summed E-state index contributed by atoms with van der Waals surface area (Å²) in [4.78, 5) is 24.9. The van der Waals surface area contributed by atoms with Gasteiger partial charge in [-0.15, -0.1) is 0 Å². The first-order chi connectivity index (χ1) is 17.5. The monoisotopic (exact) mass is 490 g/mol. The van der Waals surface area contributed by atoms with Crippen molar-refractivity contribution in [3.05, 3.63) is 83.4 Å². The molecular formula is C28H30N2O6. The van der Waals surface area contributed by atoms with Crippen LogP contribution in [0.5, 0.6) is 23.0 Å². The van der Waals surface area contributed by atoms with Gasteiger partial charge in [-0.25, -0.2) is 10.2 Å². The van der Waals surface area contributed by atoms with E-state index < -0.39 is 5.97 Å². The van der Waals surface area contributed by atoms with Gasteiger partial charge in [-0.2, -0.15) is 5.10 Å². The van der Waals surface area contributed by atoms with Crippen molar-refractivity contribution in [1.29, 1.82) is 0 Å². The zero-order valence-electron chi connectivity index (χ0n) is 20.7. The average molecular weight is 491 g/mol. The summed E-state index contributed by atoms with van der Waals surface area (Å²) in [5.74, 6) is 1.16. The van der Waals surface area contributed by atoms with Crippen molar-refractivity contribution in [3.63, 3.8) is 0 Å². The maximum absolute atomic E-state index is 12.5. The fourth-order valence-electron chi connectivity index (χ4n) is 3.11. The van der Waals surface area contributed by atoms with Gasteiger partial charge in [0.25, 0.3) is 5.91 Å². The van der Waals surface area contributed by atoms with Crippen molar-refractivity contribution in [3.8, 4) is 23.0 Å². The number of esters is 1. The lowest BCUT2D eigenvalue weighted by atomic mass is 10.2. The summed E-state index contributed by atoms with van der Waals surface area (Å²) in [6.07, 6.45) is 3.52. The average Bonchev–Trinajstić information content (AvgIpc) is 2.90. The molecule has 0 aliphatic heterocycles. The lowest BCUT2D eigenvalue weighted by Gasteiger charge is -2.11. The third-order valence-electron chi connectivity index (χ3n) is 5.06. The molecule has 188 valence electrons. The Balaban J connectivity index is 1.61. The van der Waals surface area contributed by atoms with E-state index in [2.05, 4.69) is 17.5 Å². The highest BCUT2D eigenvalue weighted by atomic mass is 16.6. The number of nitrogens with zero attached hydrogens (tertiary/aromatic N) is 1. The molecule has 1 amide bonds. The smallest absolute Gasteiger partial charge is 0.343 e. The minimum absolute atomic E-state index is 0.278. The number of methoxy groups -OCH3 is 1. The topological polar surface area (TPSA) is 95.5 Å². The molecule has 8 heteroatoms. The van der Waals surface area contributed by atoms with Crippen LogP contribution in [-0.2, 0) is 0 Å². The van der Waals surface area contributed by atoms with Crippen LogP contribution < -0.4 is 24.4 Å². The zero-order valence-corrected chi connectivity index (χ0v) is 20.7. The van der Waals surface area contributed by atoms with Crippen molar-refractivity contribution in [2.24, 2.45) is 5.10 Å². The molecule has 0 fully saturated rings. The minimum atomic E-state index is -0.519. The highest BCUT2D eigenvalue weighted by molar-refractivity contribution is 5.95. The van der Waals surface area contributed by atoms with Gasteiger partial charge in [0.15, 0.2) is 11.5 Å². The number of carbonyl (C=O) groups excluding carboxylic acids is 2. The van der Waals surface area contributed by atoms with Crippen LogP contribution >= 0.6 is 0 Å². The third-order valence-corrected chi connectivity index (χ3v) is 5.06. The van der Waals surface area contributed by atoms with Crippen LogP contribution in [0.15, 0.2) is 71.8 Å². The summed E-state index contributed by atoms with van der Waals surface area (Å²) in [6.45, 7) is 4.95. The lowest BCUT2D eigenvalue weighted by Crippen LogP contribution is -2.17. The summed E-state index contributed by atoms with van der Waals surface area (Å²) in [7, 11) is 1.56. The van der Waals surface area contributed by atoms with Gasteiger partial charge >= 0.3 is 5.97 Å². The first-order valence-corrected chi connectivity index (χ1v) is 11.7. The Hall–Kier alpha value is -4.33. The fourth-order valence-corrected chi connectivity index (χ4v) is 3.11. The minimum Gasteiger partial charge on any atom is -0.497 e. The highest BCUT2D eigenvalue weighted by Gasteiger charge is 2.13. The first kappa shape index (κ1) is 26.3. The predicted octanol–water partition coefficient (Wildman–Crippen LogP) is 5.26. The Labute approximate surface area is 210 Å². The zero-order chi connectivity index (χ0) is 25.8. The largest absolute Gasteiger partial charge is 0.497 e. The molecular weight excluding hydrogens is 460 g/mol. The van der Waals surface area contributed by atoms with Crippen LogP contribution in [0.1, 0.15) is 53.0 Å². The normalized spacial score (nSPS) is 10.6.